The van der Waals surface area contributed by atoms with Gasteiger partial charge in [0.2, 0.25) is 5.91 Å². The number of aromatic nitrogens is 1. The summed E-state index contributed by atoms with van der Waals surface area (Å²) in [5.41, 5.74) is 1.92. The first-order valence-corrected chi connectivity index (χ1v) is 9.22. The van der Waals surface area contributed by atoms with E-state index in [1.807, 2.05) is 60.8 Å². The lowest BCUT2D eigenvalue weighted by Crippen LogP contribution is -2.49. The number of benzene rings is 2. The van der Waals surface area contributed by atoms with E-state index in [0.29, 0.717) is 32.4 Å². The zero-order valence-corrected chi connectivity index (χ0v) is 15.0. The monoisotopic (exact) mass is 362 g/mol. The molecule has 0 radical (unpaired) electrons. The van der Waals surface area contributed by atoms with Crippen LogP contribution in [0.3, 0.4) is 0 Å². The summed E-state index contributed by atoms with van der Waals surface area (Å²) < 4.78 is 0. The van der Waals surface area contributed by atoms with Crippen LogP contribution in [-0.4, -0.2) is 40.0 Å². The lowest BCUT2D eigenvalue weighted by molar-refractivity contribution is -0.148. The number of hydrogen-bond acceptors (Lipinski definition) is 2. The van der Waals surface area contributed by atoms with Crippen molar-refractivity contribution in [2.24, 2.45) is 0 Å². The number of para-hydroxylation sites is 1. The molecule has 0 spiro atoms. The van der Waals surface area contributed by atoms with Crippen LogP contribution in [0.5, 0.6) is 0 Å². The minimum absolute atomic E-state index is 0.0480. The highest BCUT2D eigenvalue weighted by Gasteiger charge is 2.43. The minimum Gasteiger partial charge on any atom is -0.481 e. The van der Waals surface area contributed by atoms with Crippen LogP contribution in [0.15, 0.2) is 60.8 Å². The number of hydrogen-bond donors (Lipinski definition) is 2. The van der Waals surface area contributed by atoms with Crippen LogP contribution in [0.4, 0.5) is 0 Å². The smallest absolute Gasteiger partial charge is 0.314 e. The van der Waals surface area contributed by atoms with E-state index in [1.54, 1.807) is 4.90 Å². The van der Waals surface area contributed by atoms with Gasteiger partial charge in [-0.3, -0.25) is 9.59 Å². The van der Waals surface area contributed by atoms with Crippen LogP contribution >= 0.6 is 0 Å². The van der Waals surface area contributed by atoms with Crippen molar-refractivity contribution in [3.8, 4) is 0 Å². The zero-order chi connectivity index (χ0) is 18.9. The molecule has 1 fully saturated rings. The topological polar surface area (TPSA) is 73.4 Å². The molecule has 0 bridgehead atoms. The number of nitrogens with zero attached hydrogens (tertiary/aromatic N) is 1. The first-order valence-electron chi connectivity index (χ1n) is 9.22. The molecule has 2 aromatic carbocycles. The summed E-state index contributed by atoms with van der Waals surface area (Å²) in [5, 5.41) is 10.9. The predicted octanol–water partition coefficient (Wildman–Crippen LogP) is 3.36. The van der Waals surface area contributed by atoms with Crippen LogP contribution in [0.1, 0.15) is 24.0 Å². The summed E-state index contributed by atoms with van der Waals surface area (Å²) in [5.74, 6) is -0.760. The Labute approximate surface area is 157 Å². The third-order valence-corrected chi connectivity index (χ3v) is 5.72. The van der Waals surface area contributed by atoms with Crippen LogP contribution < -0.4 is 0 Å². The number of carboxylic acid groups (broad SMARTS) is 1. The molecule has 2 N–H and O–H groups in total. The van der Waals surface area contributed by atoms with E-state index in [9.17, 15) is 14.7 Å². The van der Waals surface area contributed by atoms with E-state index in [2.05, 4.69) is 4.98 Å². The number of carbonyl (C=O) groups is 2. The Bertz CT molecular complexity index is 969. The van der Waals surface area contributed by atoms with Crippen molar-refractivity contribution in [2.75, 3.05) is 13.1 Å². The number of aliphatic carboxylic acids is 1. The summed E-state index contributed by atoms with van der Waals surface area (Å²) in [4.78, 5) is 29.8. The second-order valence-corrected chi connectivity index (χ2v) is 7.17. The molecular weight excluding hydrogens is 340 g/mol. The molecule has 1 saturated heterocycles. The van der Waals surface area contributed by atoms with Crippen LogP contribution in [0, 0.1) is 0 Å². The Morgan fingerprint density at radius 1 is 1.00 bits per heavy atom. The SMILES string of the molecule is O=C(Cc1c[nH]c2ccccc12)N1CCC(C(=O)O)(c2ccccc2)CC1. The van der Waals surface area contributed by atoms with Crippen LogP contribution in [-0.2, 0) is 21.4 Å². The maximum absolute atomic E-state index is 12.8. The summed E-state index contributed by atoms with van der Waals surface area (Å²) in [6, 6.07) is 17.3. The van der Waals surface area contributed by atoms with Crippen molar-refractivity contribution in [1.29, 1.82) is 0 Å². The number of piperidine rings is 1. The second kappa shape index (κ2) is 6.91. The molecule has 1 aliphatic heterocycles. The first-order chi connectivity index (χ1) is 13.1. The van der Waals surface area contributed by atoms with Gasteiger partial charge in [0, 0.05) is 30.2 Å². The lowest BCUT2D eigenvalue weighted by atomic mass is 9.73. The summed E-state index contributed by atoms with van der Waals surface area (Å²) in [6.07, 6.45) is 3.09. The fourth-order valence-corrected chi connectivity index (χ4v) is 4.07. The largest absolute Gasteiger partial charge is 0.481 e. The summed E-state index contributed by atoms with van der Waals surface area (Å²) >= 11 is 0. The number of rotatable bonds is 4. The lowest BCUT2D eigenvalue weighted by Gasteiger charge is -2.39. The molecule has 4 rings (SSSR count). The Kier molecular flexibility index (Phi) is 4.44. The zero-order valence-electron chi connectivity index (χ0n) is 15.0. The highest BCUT2D eigenvalue weighted by atomic mass is 16.4. The third kappa shape index (κ3) is 3.10. The molecule has 1 amide bonds. The predicted molar refractivity (Wildman–Crippen MR) is 104 cm³/mol. The molecule has 0 atom stereocenters. The van der Waals surface area contributed by atoms with Gasteiger partial charge in [0.15, 0.2) is 0 Å². The molecule has 0 saturated carbocycles. The second-order valence-electron chi connectivity index (χ2n) is 7.17. The Balaban J connectivity index is 1.48. The van der Waals surface area contributed by atoms with Crippen LogP contribution in [0.25, 0.3) is 10.9 Å². The fourth-order valence-electron chi connectivity index (χ4n) is 4.07. The summed E-state index contributed by atoms with van der Waals surface area (Å²) in [6.45, 7) is 0.921. The quantitative estimate of drug-likeness (QED) is 0.747. The van der Waals surface area contributed by atoms with Gasteiger partial charge in [-0.15, -0.1) is 0 Å². The molecular formula is C22H22N2O3. The molecule has 3 aromatic rings. The average Bonchev–Trinajstić information content (AvgIpc) is 3.11. The average molecular weight is 362 g/mol. The standard InChI is InChI=1S/C22H22N2O3/c25-20(14-16-15-23-19-9-5-4-8-18(16)19)24-12-10-22(11-13-24,21(26)27)17-6-2-1-3-7-17/h1-9,15,23H,10-14H2,(H,26,27). The molecule has 5 heteroatoms. The van der Waals surface area contributed by atoms with Gasteiger partial charge in [0.1, 0.15) is 0 Å². The minimum atomic E-state index is -0.904. The van der Waals surface area contributed by atoms with E-state index in [1.165, 1.54) is 0 Å². The van der Waals surface area contributed by atoms with Crippen molar-refractivity contribution in [3.63, 3.8) is 0 Å². The number of carboxylic acids is 1. The maximum atomic E-state index is 12.8. The molecule has 5 nitrogen and oxygen atoms in total. The number of nitrogens with one attached hydrogen (secondary N) is 1. The normalized spacial score (nSPS) is 16.4. The highest BCUT2D eigenvalue weighted by molar-refractivity contribution is 5.89. The van der Waals surface area contributed by atoms with Crippen LogP contribution in [0.2, 0.25) is 0 Å². The van der Waals surface area contributed by atoms with Gasteiger partial charge >= 0.3 is 5.97 Å². The van der Waals surface area contributed by atoms with Gasteiger partial charge in [-0.25, -0.2) is 0 Å². The molecule has 27 heavy (non-hydrogen) atoms. The van der Waals surface area contributed by atoms with Crippen molar-refractivity contribution in [1.82, 2.24) is 9.88 Å². The molecule has 0 aliphatic carbocycles. The van der Waals surface area contributed by atoms with E-state index < -0.39 is 11.4 Å². The van der Waals surface area contributed by atoms with Gasteiger partial charge in [0.25, 0.3) is 0 Å². The molecule has 138 valence electrons. The Morgan fingerprint density at radius 3 is 2.37 bits per heavy atom. The van der Waals surface area contributed by atoms with Crippen molar-refractivity contribution in [3.05, 3.63) is 71.9 Å². The van der Waals surface area contributed by atoms with Crippen molar-refractivity contribution >= 4 is 22.8 Å². The summed E-state index contributed by atoms with van der Waals surface area (Å²) in [7, 11) is 0. The van der Waals surface area contributed by atoms with E-state index in [0.717, 1.165) is 22.0 Å². The van der Waals surface area contributed by atoms with E-state index >= 15 is 0 Å². The third-order valence-electron chi connectivity index (χ3n) is 5.72. The number of amides is 1. The molecule has 1 aliphatic rings. The number of fused-ring (bicyclic) bond motifs is 1. The fraction of sp³-hybridized carbons (Fsp3) is 0.273. The van der Waals surface area contributed by atoms with Crippen molar-refractivity contribution in [2.45, 2.75) is 24.7 Å². The number of likely N-dealkylation sites (tertiary alicyclic amines) is 1. The van der Waals surface area contributed by atoms with Gasteiger partial charge in [-0.1, -0.05) is 48.5 Å². The van der Waals surface area contributed by atoms with Gasteiger partial charge in [0.05, 0.1) is 11.8 Å². The van der Waals surface area contributed by atoms with Crippen molar-refractivity contribution < 1.29 is 14.7 Å². The van der Waals surface area contributed by atoms with Gasteiger partial charge in [-0.2, -0.15) is 0 Å². The Morgan fingerprint density at radius 2 is 1.67 bits per heavy atom. The Hall–Kier alpha value is -3.08. The molecule has 0 unspecified atom stereocenters. The van der Waals surface area contributed by atoms with E-state index in [4.69, 9.17) is 0 Å². The number of aromatic amines is 1. The number of H-pyrrole nitrogens is 1. The number of carbonyl (C=O) groups excluding carboxylic acids is 1. The van der Waals surface area contributed by atoms with E-state index in [-0.39, 0.29) is 5.91 Å². The maximum Gasteiger partial charge on any atom is 0.314 e. The highest BCUT2D eigenvalue weighted by Crippen LogP contribution is 2.36. The van der Waals surface area contributed by atoms with Gasteiger partial charge < -0.3 is 15.0 Å². The molecule has 2 heterocycles. The molecule has 1 aromatic heterocycles. The van der Waals surface area contributed by atoms with Gasteiger partial charge in [-0.05, 0) is 30.0 Å². The first kappa shape index (κ1) is 17.3.